The predicted octanol–water partition coefficient (Wildman–Crippen LogP) is 2.80. The second kappa shape index (κ2) is 9.62. The van der Waals surface area contributed by atoms with Crippen molar-refractivity contribution in [1.29, 1.82) is 0 Å². The molecule has 1 spiro atoms. The van der Waals surface area contributed by atoms with Crippen LogP contribution < -0.4 is 25.5 Å². The molecule has 2 aliphatic rings. The number of aromatic nitrogens is 3. The first-order chi connectivity index (χ1) is 20.0. The van der Waals surface area contributed by atoms with Crippen molar-refractivity contribution in [3.05, 3.63) is 78.6 Å². The van der Waals surface area contributed by atoms with Crippen molar-refractivity contribution in [2.75, 3.05) is 14.2 Å². The van der Waals surface area contributed by atoms with Crippen LogP contribution in [0.15, 0.2) is 39.9 Å². The van der Waals surface area contributed by atoms with Crippen molar-refractivity contribution >= 4 is 34.2 Å². The van der Waals surface area contributed by atoms with Gasteiger partial charge in [0.2, 0.25) is 17.2 Å². The van der Waals surface area contributed by atoms with E-state index in [9.17, 15) is 29.4 Å². The molecule has 0 saturated heterocycles. The maximum atomic E-state index is 14.1. The number of Topliss-reactive ketones (excluding diaryl/α,β-unsaturated/α-hetero) is 2. The number of aromatic hydroxyl groups is 2. The third-order valence-corrected chi connectivity index (χ3v) is 8.26. The first-order valence-corrected chi connectivity index (χ1v) is 13.3. The Labute approximate surface area is 242 Å². The van der Waals surface area contributed by atoms with E-state index in [1.165, 1.54) is 43.1 Å². The van der Waals surface area contributed by atoms with Gasteiger partial charge in [-0.05, 0) is 36.6 Å². The topological polar surface area (TPSA) is 170 Å². The number of hydrogen-bond donors (Lipinski definition) is 3. The summed E-state index contributed by atoms with van der Waals surface area (Å²) in [6.45, 7) is 1.75. The molecule has 2 unspecified atom stereocenters. The normalized spacial score (nSPS) is 19.1. The van der Waals surface area contributed by atoms with Crippen molar-refractivity contribution in [3.63, 3.8) is 0 Å². The lowest BCUT2D eigenvalue weighted by Crippen LogP contribution is -2.57. The summed E-state index contributed by atoms with van der Waals surface area (Å²) in [5.41, 5.74) is -2.39. The Morgan fingerprint density at radius 3 is 2.50 bits per heavy atom. The summed E-state index contributed by atoms with van der Waals surface area (Å²) < 4.78 is 18.1. The zero-order chi connectivity index (χ0) is 30.1. The number of ether oxygens (including phenoxy) is 3. The van der Waals surface area contributed by atoms with E-state index < -0.39 is 34.3 Å². The number of aryl methyl sites for hydroxylation is 2. The average Bonchev–Trinajstić information content (AvgIpc) is 3.28. The number of phenols is 2. The second-order valence-electron chi connectivity index (χ2n) is 10.2. The number of nitrogens with zero attached hydrogens (tertiary/aromatic N) is 2. The van der Waals surface area contributed by atoms with Gasteiger partial charge in [-0.1, -0.05) is 24.6 Å². The molecule has 0 radical (unpaired) electrons. The molecule has 3 N–H and O–H groups in total. The number of fused-ring (bicyclic) bond motifs is 3. The number of benzene rings is 2. The van der Waals surface area contributed by atoms with Crippen LogP contribution in [0.2, 0.25) is 5.02 Å². The fourth-order valence-corrected chi connectivity index (χ4v) is 5.96. The van der Waals surface area contributed by atoms with Crippen molar-refractivity contribution in [2.45, 2.75) is 31.9 Å². The Hall–Kier alpha value is -4.84. The molecular weight excluding hydrogens is 570 g/mol. The number of carbonyl (C=O) groups is 2. The Balaban J connectivity index is 1.45. The number of ketones is 2. The third kappa shape index (κ3) is 3.78. The highest BCUT2D eigenvalue weighted by atomic mass is 35.5. The molecule has 1 aliphatic heterocycles. The Morgan fingerprint density at radius 1 is 1.07 bits per heavy atom. The lowest BCUT2D eigenvalue weighted by Gasteiger charge is -2.36. The number of halogens is 1. The summed E-state index contributed by atoms with van der Waals surface area (Å²) in [5.74, 6) is -2.30. The maximum Gasteiger partial charge on any atom is 0.330 e. The molecule has 3 heterocycles. The highest BCUT2D eigenvalue weighted by Crippen LogP contribution is 2.53. The van der Waals surface area contributed by atoms with E-state index >= 15 is 0 Å². The highest BCUT2D eigenvalue weighted by Gasteiger charge is 2.62. The number of phenolic OH excluding ortho intramolecular Hbond substituents is 2. The van der Waals surface area contributed by atoms with Gasteiger partial charge in [-0.2, -0.15) is 0 Å². The third-order valence-electron chi connectivity index (χ3n) is 7.91. The molecule has 2 aromatic heterocycles. The van der Waals surface area contributed by atoms with Gasteiger partial charge in [0.05, 0.1) is 25.3 Å². The zero-order valence-electron chi connectivity index (χ0n) is 22.6. The maximum absolute atomic E-state index is 14.1. The van der Waals surface area contributed by atoms with Crippen molar-refractivity contribution in [1.82, 2.24) is 14.5 Å². The Bertz CT molecular complexity index is 1970. The number of hydrogen-bond acceptors (Lipinski definition) is 10. The van der Waals surface area contributed by atoms with Crippen LogP contribution in [0.3, 0.4) is 0 Å². The monoisotopic (exact) mass is 593 g/mol. The van der Waals surface area contributed by atoms with Gasteiger partial charge in [0.15, 0.2) is 17.2 Å². The van der Waals surface area contributed by atoms with Gasteiger partial charge in [0.1, 0.15) is 27.7 Å². The van der Waals surface area contributed by atoms with E-state index in [4.69, 9.17) is 25.8 Å². The molecule has 6 rings (SSSR count). The minimum atomic E-state index is -1.98. The lowest BCUT2D eigenvalue weighted by atomic mass is 9.71. The van der Waals surface area contributed by atoms with Crippen molar-refractivity contribution in [2.24, 2.45) is 5.92 Å². The molecule has 216 valence electrons. The van der Waals surface area contributed by atoms with Crippen molar-refractivity contribution < 1.29 is 34.0 Å². The molecule has 2 aromatic carbocycles. The molecule has 0 bridgehead atoms. The molecule has 0 amide bonds. The standard InChI is InChI=1S/C29H24ClN3O9/c1-12-8-16-14(24(36)29(12)25(37)21-19(40-2)11-20(41-3)22(30)23(21)42-29)10-15-26(31-16)33(28(39)32-27(15)38)7-6-13-4-5-17(34)18(35)9-13/h4-5,9-12,34-35H,6-8H2,1-3H3,(H,32,38,39). The molecule has 0 saturated carbocycles. The van der Waals surface area contributed by atoms with Gasteiger partial charge in [-0.15, -0.1) is 0 Å². The highest BCUT2D eigenvalue weighted by molar-refractivity contribution is 6.36. The van der Waals surface area contributed by atoms with Gasteiger partial charge in [-0.3, -0.25) is 23.9 Å². The van der Waals surface area contributed by atoms with Gasteiger partial charge in [-0.25, -0.2) is 9.78 Å². The van der Waals surface area contributed by atoms with Crippen LogP contribution >= 0.6 is 11.6 Å². The van der Waals surface area contributed by atoms with Gasteiger partial charge in [0, 0.05) is 24.1 Å². The summed E-state index contributed by atoms with van der Waals surface area (Å²) in [5, 5.41) is 19.4. The van der Waals surface area contributed by atoms with E-state index in [0.717, 1.165) is 0 Å². The Morgan fingerprint density at radius 2 is 1.81 bits per heavy atom. The van der Waals surface area contributed by atoms with E-state index in [1.54, 1.807) is 13.0 Å². The van der Waals surface area contributed by atoms with Crippen LogP contribution in [0.4, 0.5) is 0 Å². The summed E-state index contributed by atoms with van der Waals surface area (Å²) >= 11 is 6.48. The number of nitrogens with one attached hydrogen (secondary N) is 1. The quantitative estimate of drug-likeness (QED) is 0.231. The zero-order valence-corrected chi connectivity index (χ0v) is 23.4. The summed E-state index contributed by atoms with van der Waals surface area (Å²) in [6, 6.07) is 7.07. The average molecular weight is 594 g/mol. The number of rotatable bonds is 5. The number of aromatic amines is 1. The number of H-pyrrole nitrogens is 1. The van der Waals surface area contributed by atoms with E-state index in [2.05, 4.69) is 9.97 Å². The van der Waals surface area contributed by atoms with Crippen LogP contribution in [0.5, 0.6) is 28.7 Å². The fourth-order valence-electron chi connectivity index (χ4n) is 5.70. The van der Waals surface area contributed by atoms with E-state index in [-0.39, 0.29) is 75.3 Å². The fraction of sp³-hybridized carbons (Fsp3) is 0.276. The van der Waals surface area contributed by atoms with Crippen LogP contribution in [-0.4, -0.2) is 56.1 Å². The minimum Gasteiger partial charge on any atom is -0.504 e. The van der Waals surface area contributed by atoms with Crippen LogP contribution in [0.25, 0.3) is 11.0 Å². The molecule has 1 aliphatic carbocycles. The van der Waals surface area contributed by atoms with Crippen LogP contribution in [-0.2, 0) is 19.4 Å². The molecule has 0 fully saturated rings. The smallest absolute Gasteiger partial charge is 0.330 e. The lowest BCUT2D eigenvalue weighted by molar-refractivity contribution is 0.0257. The molecule has 13 heteroatoms. The van der Waals surface area contributed by atoms with Gasteiger partial charge < -0.3 is 24.4 Å². The largest absolute Gasteiger partial charge is 0.504 e. The number of pyridine rings is 1. The molecule has 42 heavy (non-hydrogen) atoms. The van der Waals surface area contributed by atoms with Crippen molar-refractivity contribution in [3.8, 4) is 28.7 Å². The van der Waals surface area contributed by atoms with Gasteiger partial charge >= 0.3 is 5.69 Å². The number of methoxy groups -OCH3 is 2. The molecule has 12 nitrogen and oxygen atoms in total. The van der Waals surface area contributed by atoms with E-state index in [1.807, 2.05) is 0 Å². The van der Waals surface area contributed by atoms with Crippen LogP contribution in [0, 0.1) is 5.92 Å². The molecule has 4 aromatic rings. The number of carbonyl (C=O) groups excluding carboxylic acids is 2. The first-order valence-electron chi connectivity index (χ1n) is 12.9. The predicted molar refractivity (Wildman–Crippen MR) is 150 cm³/mol. The Kier molecular flexibility index (Phi) is 6.26. The summed E-state index contributed by atoms with van der Waals surface area (Å²) in [4.78, 5) is 60.6. The van der Waals surface area contributed by atoms with Gasteiger partial charge in [0.25, 0.3) is 5.56 Å². The minimum absolute atomic E-state index is 0.0166. The SMILES string of the molecule is COc1cc(OC)c2c(c1Cl)OC1(C(=O)c3cc4c(=O)[nH]c(=O)n(CCc5ccc(O)c(O)c5)c4nc3CC1C)C2=O. The summed E-state index contributed by atoms with van der Waals surface area (Å²) in [6.07, 6.45) is 0.374. The first kappa shape index (κ1) is 27.3. The van der Waals surface area contributed by atoms with Crippen LogP contribution in [0.1, 0.15) is 38.9 Å². The second-order valence-corrected chi connectivity index (χ2v) is 10.6. The van der Waals surface area contributed by atoms with E-state index in [0.29, 0.717) is 11.3 Å². The summed E-state index contributed by atoms with van der Waals surface area (Å²) in [7, 11) is 2.77. The molecular formula is C29H24ClN3O9. The molecule has 2 atom stereocenters.